The fraction of sp³-hybridized carbons (Fsp3) is 0.647. The van der Waals surface area contributed by atoms with Gasteiger partial charge in [-0.3, -0.25) is 0 Å². The molecule has 1 aliphatic carbocycles. The Morgan fingerprint density at radius 1 is 1.29 bits per heavy atom. The van der Waals surface area contributed by atoms with Gasteiger partial charge in [-0.05, 0) is 44.4 Å². The Bertz CT molecular complexity index is 432. The van der Waals surface area contributed by atoms with E-state index in [0.717, 1.165) is 24.5 Å². The molecule has 1 atom stereocenters. The molecule has 1 N–H and O–H groups in total. The zero-order chi connectivity index (χ0) is 15.1. The maximum atomic E-state index is 5.97. The van der Waals surface area contributed by atoms with Crippen LogP contribution in [0.1, 0.15) is 38.7 Å². The van der Waals surface area contributed by atoms with E-state index < -0.39 is 0 Å². The van der Waals surface area contributed by atoms with E-state index in [2.05, 4.69) is 24.4 Å². The molecule has 0 aliphatic heterocycles. The molecular formula is C17H27NO3. The number of benzene rings is 1. The Morgan fingerprint density at radius 3 is 2.76 bits per heavy atom. The lowest BCUT2D eigenvalue weighted by Gasteiger charge is -2.18. The molecule has 1 unspecified atom stereocenters. The van der Waals surface area contributed by atoms with E-state index in [1.54, 1.807) is 7.11 Å². The van der Waals surface area contributed by atoms with Crippen molar-refractivity contribution in [2.24, 2.45) is 0 Å². The molecule has 1 aromatic rings. The van der Waals surface area contributed by atoms with E-state index >= 15 is 0 Å². The molecule has 4 nitrogen and oxygen atoms in total. The Balaban J connectivity index is 1.97. The highest BCUT2D eigenvalue weighted by atomic mass is 16.5. The molecule has 21 heavy (non-hydrogen) atoms. The Hall–Kier alpha value is -1.26. The van der Waals surface area contributed by atoms with Crippen LogP contribution in [0.4, 0.5) is 0 Å². The van der Waals surface area contributed by atoms with Crippen LogP contribution >= 0.6 is 0 Å². The Labute approximate surface area is 127 Å². The van der Waals surface area contributed by atoms with Crippen LogP contribution in [-0.4, -0.2) is 32.5 Å². The van der Waals surface area contributed by atoms with Gasteiger partial charge in [0, 0.05) is 32.7 Å². The fourth-order valence-corrected chi connectivity index (χ4v) is 2.14. The van der Waals surface area contributed by atoms with Crippen LogP contribution in [0.3, 0.4) is 0 Å². The minimum Gasteiger partial charge on any atom is -0.490 e. The SMILES string of the molecule is CCOc1cc(CNC2CC2)ccc1OC(C)CCOC. The summed E-state index contributed by atoms with van der Waals surface area (Å²) in [4.78, 5) is 0. The quantitative estimate of drug-likeness (QED) is 0.719. The summed E-state index contributed by atoms with van der Waals surface area (Å²) in [6.07, 6.45) is 3.58. The van der Waals surface area contributed by atoms with E-state index in [0.29, 0.717) is 19.3 Å². The van der Waals surface area contributed by atoms with Crippen LogP contribution in [0.25, 0.3) is 0 Å². The van der Waals surface area contributed by atoms with Crippen LogP contribution in [0.2, 0.25) is 0 Å². The molecule has 0 heterocycles. The molecule has 0 amide bonds. The van der Waals surface area contributed by atoms with Gasteiger partial charge in [0.05, 0.1) is 12.7 Å². The summed E-state index contributed by atoms with van der Waals surface area (Å²) in [7, 11) is 1.71. The molecule has 118 valence electrons. The van der Waals surface area contributed by atoms with E-state index in [9.17, 15) is 0 Å². The average molecular weight is 293 g/mol. The lowest BCUT2D eigenvalue weighted by Crippen LogP contribution is -2.16. The number of hydrogen-bond donors (Lipinski definition) is 1. The van der Waals surface area contributed by atoms with Gasteiger partial charge in [0.25, 0.3) is 0 Å². The van der Waals surface area contributed by atoms with Crippen molar-refractivity contribution in [1.29, 1.82) is 0 Å². The van der Waals surface area contributed by atoms with Gasteiger partial charge < -0.3 is 19.5 Å². The van der Waals surface area contributed by atoms with Crippen molar-refractivity contribution in [2.75, 3.05) is 20.3 Å². The highest BCUT2D eigenvalue weighted by molar-refractivity contribution is 5.43. The second-order valence-electron chi connectivity index (χ2n) is 5.58. The van der Waals surface area contributed by atoms with E-state index in [-0.39, 0.29) is 6.10 Å². The summed E-state index contributed by atoms with van der Waals surface area (Å²) < 4.78 is 16.8. The van der Waals surface area contributed by atoms with Crippen molar-refractivity contribution in [3.05, 3.63) is 23.8 Å². The second-order valence-corrected chi connectivity index (χ2v) is 5.58. The van der Waals surface area contributed by atoms with Gasteiger partial charge in [0.15, 0.2) is 11.5 Å². The van der Waals surface area contributed by atoms with Gasteiger partial charge in [-0.1, -0.05) is 6.07 Å². The van der Waals surface area contributed by atoms with E-state index in [1.807, 2.05) is 13.0 Å². The standard InChI is InChI=1S/C17H27NO3/c1-4-20-17-11-14(12-18-15-6-7-15)5-8-16(17)21-13(2)9-10-19-3/h5,8,11,13,15,18H,4,6-7,9-10,12H2,1-3H3. The highest BCUT2D eigenvalue weighted by Crippen LogP contribution is 2.30. The number of hydrogen-bond acceptors (Lipinski definition) is 4. The van der Waals surface area contributed by atoms with Crippen LogP contribution in [0, 0.1) is 0 Å². The van der Waals surface area contributed by atoms with Crippen molar-refractivity contribution >= 4 is 0 Å². The first kappa shape index (κ1) is 16.1. The molecule has 0 aromatic heterocycles. The van der Waals surface area contributed by atoms with Gasteiger partial charge in [-0.15, -0.1) is 0 Å². The lowest BCUT2D eigenvalue weighted by atomic mass is 10.2. The molecule has 0 saturated heterocycles. The molecule has 0 radical (unpaired) electrons. The fourth-order valence-electron chi connectivity index (χ4n) is 2.14. The van der Waals surface area contributed by atoms with Crippen LogP contribution in [-0.2, 0) is 11.3 Å². The molecule has 1 aromatic carbocycles. The van der Waals surface area contributed by atoms with Gasteiger partial charge in [-0.25, -0.2) is 0 Å². The molecule has 2 rings (SSSR count). The second kappa shape index (κ2) is 8.25. The van der Waals surface area contributed by atoms with Crippen LogP contribution < -0.4 is 14.8 Å². The van der Waals surface area contributed by atoms with Crippen molar-refractivity contribution in [3.8, 4) is 11.5 Å². The Morgan fingerprint density at radius 2 is 2.10 bits per heavy atom. The summed E-state index contributed by atoms with van der Waals surface area (Å²) in [6.45, 7) is 6.28. The maximum Gasteiger partial charge on any atom is 0.161 e. The highest BCUT2D eigenvalue weighted by Gasteiger charge is 2.20. The first-order chi connectivity index (χ1) is 10.2. The third-order valence-corrected chi connectivity index (χ3v) is 3.54. The zero-order valence-corrected chi connectivity index (χ0v) is 13.4. The average Bonchev–Trinajstić information content (AvgIpc) is 3.30. The topological polar surface area (TPSA) is 39.7 Å². The van der Waals surface area contributed by atoms with Crippen molar-refractivity contribution in [3.63, 3.8) is 0 Å². The summed E-state index contributed by atoms with van der Waals surface area (Å²) >= 11 is 0. The third kappa shape index (κ3) is 5.56. The number of nitrogens with one attached hydrogen (secondary N) is 1. The summed E-state index contributed by atoms with van der Waals surface area (Å²) in [5.41, 5.74) is 1.24. The van der Waals surface area contributed by atoms with Crippen molar-refractivity contribution in [2.45, 2.75) is 51.8 Å². The van der Waals surface area contributed by atoms with Crippen LogP contribution in [0.5, 0.6) is 11.5 Å². The molecule has 1 aliphatic rings. The van der Waals surface area contributed by atoms with Crippen LogP contribution in [0.15, 0.2) is 18.2 Å². The van der Waals surface area contributed by atoms with Gasteiger partial charge in [-0.2, -0.15) is 0 Å². The predicted octanol–water partition coefficient (Wildman–Crippen LogP) is 3.14. The predicted molar refractivity (Wildman–Crippen MR) is 84.1 cm³/mol. The molecule has 0 bridgehead atoms. The first-order valence-electron chi connectivity index (χ1n) is 7.87. The third-order valence-electron chi connectivity index (χ3n) is 3.54. The number of methoxy groups -OCH3 is 1. The smallest absolute Gasteiger partial charge is 0.161 e. The summed E-state index contributed by atoms with van der Waals surface area (Å²) in [6, 6.07) is 6.91. The normalized spacial score (nSPS) is 15.8. The van der Waals surface area contributed by atoms with E-state index in [1.165, 1.54) is 18.4 Å². The largest absolute Gasteiger partial charge is 0.490 e. The molecule has 1 fully saturated rings. The van der Waals surface area contributed by atoms with E-state index in [4.69, 9.17) is 14.2 Å². The van der Waals surface area contributed by atoms with Gasteiger partial charge in [0.1, 0.15) is 0 Å². The minimum absolute atomic E-state index is 0.111. The molecular weight excluding hydrogens is 266 g/mol. The minimum atomic E-state index is 0.111. The molecule has 0 spiro atoms. The van der Waals surface area contributed by atoms with Crippen molar-refractivity contribution in [1.82, 2.24) is 5.32 Å². The van der Waals surface area contributed by atoms with Gasteiger partial charge in [0.2, 0.25) is 0 Å². The lowest BCUT2D eigenvalue weighted by molar-refractivity contribution is 0.132. The summed E-state index contributed by atoms with van der Waals surface area (Å²) in [5.74, 6) is 1.65. The zero-order valence-electron chi connectivity index (χ0n) is 13.4. The Kier molecular flexibility index (Phi) is 6.33. The van der Waals surface area contributed by atoms with Crippen molar-refractivity contribution < 1.29 is 14.2 Å². The summed E-state index contributed by atoms with van der Waals surface area (Å²) in [5, 5.41) is 3.52. The molecule has 4 heteroatoms. The maximum absolute atomic E-state index is 5.97. The molecule has 1 saturated carbocycles. The monoisotopic (exact) mass is 293 g/mol. The number of rotatable bonds is 10. The number of ether oxygens (including phenoxy) is 3. The first-order valence-corrected chi connectivity index (χ1v) is 7.87. The van der Waals surface area contributed by atoms with Gasteiger partial charge >= 0.3 is 0 Å².